The van der Waals surface area contributed by atoms with Crippen LogP contribution in [0, 0.1) is 6.92 Å². The Morgan fingerprint density at radius 3 is 2.30 bits per heavy atom. The van der Waals surface area contributed by atoms with E-state index in [9.17, 15) is 4.79 Å². The fourth-order valence-corrected chi connectivity index (χ4v) is 5.41. The zero-order valence-electron chi connectivity index (χ0n) is 19.9. The van der Waals surface area contributed by atoms with Gasteiger partial charge in [-0.15, -0.1) is 0 Å². The summed E-state index contributed by atoms with van der Waals surface area (Å²) in [5.41, 5.74) is 4.87. The summed E-state index contributed by atoms with van der Waals surface area (Å²) in [4.78, 5) is 24.7. The minimum absolute atomic E-state index is 0.116. The van der Waals surface area contributed by atoms with Crippen molar-refractivity contribution in [3.63, 3.8) is 0 Å². The van der Waals surface area contributed by atoms with Crippen LogP contribution in [0.5, 0.6) is 0 Å². The molecule has 0 saturated carbocycles. The molecular weight excluding hydrogens is 500 g/mol. The van der Waals surface area contributed by atoms with Crippen LogP contribution < -0.4 is 10.9 Å². The molecule has 2 heterocycles. The van der Waals surface area contributed by atoms with Crippen LogP contribution >= 0.6 is 22.9 Å². The maximum absolute atomic E-state index is 13.9. The predicted molar refractivity (Wildman–Crippen MR) is 153 cm³/mol. The number of rotatable bonds is 5. The van der Waals surface area contributed by atoms with Crippen LogP contribution in [0.25, 0.3) is 38.5 Å². The van der Waals surface area contributed by atoms with Crippen molar-refractivity contribution in [1.29, 1.82) is 0 Å². The van der Waals surface area contributed by atoms with Gasteiger partial charge in [-0.2, -0.15) is 0 Å². The van der Waals surface area contributed by atoms with E-state index in [1.165, 1.54) is 11.3 Å². The highest BCUT2D eigenvalue weighted by Crippen LogP contribution is 2.40. The Morgan fingerprint density at radius 2 is 1.51 bits per heavy atom. The molecule has 1 N–H and O–H groups in total. The van der Waals surface area contributed by atoms with Gasteiger partial charge in [0.2, 0.25) is 0 Å². The summed E-state index contributed by atoms with van der Waals surface area (Å²) in [7, 11) is 0. The number of nitrogens with zero attached hydrogens (tertiary/aromatic N) is 3. The molecule has 180 valence electrons. The van der Waals surface area contributed by atoms with Crippen molar-refractivity contribution in [2.24, 2.45) is 0 Å². The van der Waals surface area contributed by atoms with E-state index in [1.54, 1.807) is 4.57 Å². The average Bonchev–Trinajstić information content (AvgIpc) is 3.35. The van der Waals surface area contributed by atoms with Crippen LogP contribution in [-0.4, -0.2) is 14.5 Å². The van der Waals surface area contributed by atoms with Crippen molar-refractivity contribution in [1.82, 2.24) is 14.5 Å². The van der Waals surface area contributed by atoms with Gasteiger partial charge in [0.15, 0.2) is 11.0 Å². The molecule has 5 nitrogen and oxygen atoms in total. The van der Waals surface area contributed by atoms with E-state index < -0.39 is 0 Å². The first kappa shape index (κ1) is 23.2. The minimum Gasteiger partial charge on any atom is -0.332 e. The van der Waals surface area contributed by atoms with Crippen molar-refractivity contribution < 1.29 is 0 Å². The van der Waals surface area contributed by atoms with E-state index in [2.05, 4.69) is 5.32 Å². The fourth-order valence-electron chi connectivity index (χ4n) is 4.30. The lowest BCUT2D eigenvalue weighted by molar-refractivity contribution is 0.968. The molecule has 0 radical (unpaired) electrons. The van der Waals surface area contributed by atoms with Crippen LogP contribution in [0.3, 0.4) is 0 Å². The molecule has 0 bridgehead atoms. The average molecular weight is 521 g/mol. The lowest BCUT2D eigenvalue weighted by Crippen LogP contribution is -2.22. The second-order valence-corrected chi connectivity index (χ2v) is 10.0. The van der Waals surface area contributed by atoms with E-state index >= 15 is 0 Å². The predicted octanol–water partition coefficient (Wildman–Crippen LogP) is 7.88. The van der Waals surface area contributed by atoms with Gasteiger partial charge < -0.3 is 5.32 Å². The molecule has 0 fully saturated rings. The van der Waals surface area contributed by atoms with Crippen LogP contribution in [-0.2, 0) is 0 Å². The van der Waals surface area contributed by atoms with E-state index in [4.69, 9.17) is 21.6 Å². The molecule has 6 aromatic rings. The molecule has 0 aliphatic carbocycles. The first-order valence-corrected chi connectivity index (χ1v) is 12.9. The van der Waals surface area contributed by atoms with Gasteiger partial charge in [-0.3, -0.25) is 9.36 Å². The normalized spacial score (nSPS) is 11.1. The SMILES string of the molecule is Cc1ccccc1-n1c(-c2sc(Nc3ccc(Cl)cc3)nc2-c2ccccc2)nc2ccccc2c1=O. The largest absolute Gasteiger partial charge is 0.332 e. The number of nitrogens with one attached hydrogen (secondary N) is 1. The Morgan fingerprint density at radius 1 is 0.811 bits per heavy atom. The zero-order chi connectivity index (χ0) is 25.4. The molecule has 7 heteroatoms. The summed E-state index contributed by atoms with van der Waals surface area (Å²) in [6.45, 7) is 2.00. The lowest BCUT2D eigenvalue weighted by Gasteiger charge is -2.15. The number of aromatic nitrogens is 3. The fraction of sp³-hybridized carbons (Fsp3) is 0.0333. The standard InChI is InChI=1S/C30H21ClN4OS/c1-19-9-5-8-14-25(19)35-28(33-24-13-7-6-12-23(24)29(35)36)27-26(20-10-3-2-4-11-20)34-30(37-27)32-22-17-15-21(31)16-18-22/h2-18H,1H3,(H,32,34). The maximum Gasteiger partial charge on any atom is 0.266 e. The van der Waals surface area contributed by atoms with Gasteiger partial charge in [0.05, 0.1) is 22.3 Å². The van der Waals surface area contributed by atoms with E-state index in [-0.39, 0.29) is 5.56 Å². The maximum atomic E-state index is 13.9. The van der Waals surface area contributed by atoms with Crippen molar-refractivity contribution in [2.75, 3.05) is 5.32 Å². The van der Waals surface area contributed by atoms with E-state index in [0.29, 0.717) is 26.9 Å². The Bertz CT molecular complexity index is 1790. The first-order valence-electron chi connectivity index (χ1n) is 11.8. The molecule has 0 saturated heterocycles. The summed E-state index contributed by atoms with van der Waals surface area (Å²) < 4.78 is 1.71. The highest BCUT2D eigenvalue weighted by molar-refractivity contribution is 7.19. The van der Waals surface area contributed by atoms with Gasteiger partial charge in [0.1, 0.15) is 4.88 Å². The number of hydrogen-bond acceptors (Lipinski definition) is 5. The van der Waals surface area contributed by atoms with Gasteiger partial charge in [-0.1, -0.05) is 83.6 Å². The summed E-state index contributed by atoms with van der Waals surface area (Å²) in [5.74, 6) is 0.554. The zero-order valence-corrected chi connectivity index (χ0v) is 21.4. The minimum atomic E-state index is -0.116. The summed E-state index contributed by atoms with van der Waals surface area (Å²) in [6, 6.07) is 32.7. The second kappa shape index (κ2) is 9.65. The van der Waals surface area contributed by atoms with Gasteiger partial charge >= 0.3 is 0 Å². The second-order valence-electron chi connectivity index (χ2n) is 8.57. The third-order valence-electron chi connectivity index (χ3n) is 6.11. The van der Waals surface area contributed by atoms with Crippen molar-refractivity contribution in [3.8, 4) is 27.6 Å². The van der Waals surface area contributed by atoms with Gasteiger partial charge in [0.25, 0.3) is 5.56 Å². The number of para-hydroxylation sites is 2. The first-order chi connectivity index (χ1) is 18.1. The van der Waals surface area contributed by atoms with Gasteiger partial charge in [-0.05, 0) is 55.0 Å². The van der Waals surface area contributed by atoms with Crippen LogP contribution in [0.2, 0.25) is 5.02 Å². The Hall–Kier alpha value is -4.26. The molecule has 37 heavy (non-hydrogen) atoms. The van der Waals surface area contributed by atoms with Crippen LogP contribution in [0.1, 0.15) is 5.56 Å². The molecule has 4 aromatic carbocycles. The number of aryl methyl sites for hydroxylation is 1. The molecule has 0 aliphatic rings. The molecular formula is C30H21ClN4OS. The smallest absolute Gasteiger partial charge is 0.266 e. The molecule has 0 unspecified atom stereocenters. The number of thiazole rings is 1. The molecule has 0 spiro atoms. The molecule has 0 amide bonds. The quantitative estimate of drug-likeness (QED) is 0.251. The number of halogens is 1. The number of hydrogen-bond donors (Lipinski definition) is 1. The summed E-state index contributed by atoms with van der Waals surface area (Å²) in [6.07, 6.45) is 0. The molecule has 6 rings (SSSR count). The van der Waals surface area contributed by atoms with E-state index in [0.717, 1.165) is 33.1 Å². The number of benzene rings is 4. The summed E-state index contributed by atoms with van der Waals surface area (Å²) >= 11 is 7.53. The van der Waals surface area contributed by atoms with Crippen molar-refractivity contribution in [3.05, 3.63) is 124 Å². The lowest BCUT2D eigenvalue weighted by atomic mass is 10.1. The number of fused-ring (bicyclic) bond motifs is 1. The third-order valence-corrected chi connectivity index (χ3v) is 7.32. The highest BCUT2D eigenvalue weighted by atomic mass is 35.5. The van der Waals surface area contributed by atoms with Crippen LogP contribution in [0.15, 0.2) is 108 Å². The topological polar surface area (TPSA) is 59.8 Å². The third kappa shape index (κ3) is 4.42. The molecule has 0 atom stereocenters. The van der Waals surface area contributed by atoms with Crippen molar-refractivity contribution in [2.45, 2.75) is 6.92 Å². The Labute approximate surface area is 222 Å². The van der Waals surface area contributed by atoms with E-state index in [1.807, 2.05) is 110 Å². The summed E-state index contributed by atoms with van der Waals surface area (Å²) in [5, 5.41) is 5.31. The van der Waals surface area contributed by atoms with Gasteiger partial charge in [-0.25, -0.2) is 9.97 Å². The molecule has 0 aliphatic heterocycles. The van der Waals surface area contributed by atoms with Crippen molar-refractivity contribution >= 4 is 44.7 Å². The molecule has 2 aromatic heterocycles. The monoisotopic (exact) mass is 520 g/mol. The van der Waals surface area contributed by atoms with Crippen LogP contribution in [0.4, 0.5) is 10.8 Å². The Kier molecular flexibility index (Phi) is 6.04. The van der Waals surface area contributed by atoms with Gasteiger partial charge in [0, 0.05) is 16.3 Å². The highest BCUT2D eigenvalue weighted by Gasteiger charge is 2.23. The number of anilines is 2. The Balaban J connectivity index is 1.63.